The lowest BCUT2D eigenvalue weighted by molar-refractivity contribution is -0.135. The smallest absolute Gasteiger partial charge is 0.236 e. The first-order chi connectivity index (χ1) is 17.9. The van der Waals surface area contributed by atoms with Crippen LogP contribution in [0, 0.1) is 13.8 Å². The molecule has 0 bridgehead atoms. The van der Waals surface area contributed by atoms with E-state index in [0.29, 0.717) is 38.2 Å². The largest absolute Gasteiger partial charge is 0.343 e. The molecule has 6 heterocycles. The fourth-order valence-electron chi connectivity index (χ4n) is 6.57. The quantitative estimate of drug-likeness (QED) is 0.440. The minimum atomic E-state index is -0.643. The summed E-state index contributed by atoms with van der Waals surface area (Å²) in [6.45, 7) is 5.96. The maximum Gasteiger partial charge on any atom is 0.236 e. The third kappa shape index (κ3) is 3.24. The highest BCUT2D eigenvalue weighted by Gasteiger charge is 2.50. The van der Waals surface area contributed by atoms with E-state index in [4.69, 9.17) is 4.98 Å². The summed E-state index contributed by atoms with van der Waals surface area (Å²) in [4.78, 5) is 41.6. The predicted octanol–water partition coefficient (Wildman–Crippen LogP) is 2.76. The Morgan fingerprint density at radius 3 is 2.84 bits per heavy atom. The number of fused-ring (bicyclic) bond motifs is 6. The topological polar surface area (TPSA) is 122 Å². The molecule has 4 aromatic rings. The fraction of sp³-hybridized carbons (Fsp3) is 0.407. The molecule has 2 N–H and O–H groups in total. The third-order valence-corrected chi connectivity index (χ3v) is 8.66. The first-order valence-electron chi connectivity index (χ1n) is 12.8. The third-order valence-electron chi connectivity index (χ3n) is 8.66. The Morgan fingerprint density at radius 2 is 2.00 bits per heavy atom. The number of aromatic amines is 1. The average molecular weight is 497 g/mol. The Bertz CT molecular complexity index is 1580. The normalized spacial score (nSPS) is 19.9. The molecule has 1 fully saturated rings. The minimum absolute atomic E-state index is 0.0222. The summed E-state index contributed by atoms with van der Waals surface area (Å²) in [7, 11) is 0. The number of carbonyl (C=O) groups excluding carboxylic acids is 2. The Hall–Kier alpha value is -4.08. The van der Waals surface area contributed by atoms with Crippen molar-refractivity contribution in [1.29, 1.82) is 0 Å². The highest BCUT2D eigenvalue weighted by molar-refractivity contribution is 6.05. The summed E-state index contributed by atoms with van der Waals surface area (Å²) in [5.74, 6) is 1.62. The van der Waals surface area contributed by atoms with Crippen LogP contribution in [0.3, 0.4) is 0 Å². The maximum absolute atomic E-state index is 13.6. The van der Waals surface area contributed by atoms with Gasteiger partial charge in [-0.3, -0.25) is 14.7 Å². The first kappa shape index (κ1) is 22.1. The van der Waals surface area contributed by atoms with Gasteiger partial charge in [0.25, 0.3) is 0 Å². The number of amides is 2. The van der Waals surface area contributed by atoms with Crippen LogP contribution in [0.15, 0.2) is 31.0 Å². The van der Waals surface area contributed by atoms with Crippen LogP contribution in [0.25, 0.3) is 10.9 Å². The van der Waals surface area contributed by atoms with Crippen molar-refractivity contribution in [2.24, 2.45) is 0 Å². The van der Waals surface area contributed by atoms with Crippen LogP contribution in [-0.2, 0) is 28.0 Å². The van der Waals surface area contributed by atoms with E-state index in [9.17, 15) is 9.59 Å². The molecule has 0 aliphatic carbocycles. The summed E-state index contributed by atoms with van der Waals surface area (Å²) in [5.41, 5.74) is 6.03. The number of rotatable bonds is 2. The number of imidazole rings is 1. The van der Waals surface area contributed by atoms with Crippen molar-refractivity contribution in [3.8, 4) is 0 Å². The lowest BCUT2D eigenvalue weighted by Gasteiger charge is -2.38. The molecule has 2 amide bonds. The van der Waals surface area contributed by atoms with Gasteiger partial charge in [0.1, 0.15) is 18.0 Å². The zero-order chi connectivity index (χ0) is 25.3. The molecule has 1 atom stereocenters. The summed E-state index contributed by atoms with van der Waals surface area (Å²) < 4.78 is 2.25. The number of aryl methyl sites for hydroxylation is 2. The summed E-state index contributed by atoms with van der Waals surface area (Å²) in [6, 6.07) is 2.23. The van der Waals surface area contributed by atoms with E-state index < -0.39 is 5.41 Å². The molecule has 0 radical (unpaired) electrons. The number of hydrogen-bond donors (Lipinski definition) is 2. The number of nitrogens with zero attached hydrogens (tertiary/aromatic N) is 6. The van der Waals surface area contributed by atoms with Gasteiger partial charge in [-0.25, -0.2) is 15.0 Å². The number of benzene rings is 1. The fourth-order valence-corrected chi connectivity index (χ4v) is 6.57. The van der Waals surface area contributed by atoms with Crippen molar-refractivity contribution >= 4 is 28.5 Å². The van der Waals surface area contributed by atoms with Crippen molar-refractivity contribution in [1.82, 2.24) is 34.6 Å². The van der Waals surface area contributed by atoms with E-state index in [0.717, 1.165) is 46.5 Å². The zero-order valence-electron chi connectivity index (χ0n) is 20.9. The van der Waals surface area contributed by atoms with Crippen LogP contribution in [0.5, 0.6) is 0 Å². The number of anilines is 1. The van der Waals surface area contributed by atoms with Crippen molar-refractivity contribution in [3.05, 3.63) is 64.8 Å². The van der Waals surface area contributed by atoms with Crippen molar-refractivity contribution in [2.75, 3.05) is 18.4 Å². The highest BCUT2D eigenvalue weighted by Crippen LogP contribution is 2.44. The lowest BCUT2D eigenvalue weighted by Crippen LogP contribution is -2.48. The van der Waals surface area contributed by atoms with Crippen molar-refractivity contribution in [3.63, 3.8) is 0 Å². The van der Waals surface area contributed by atoms with Crippen LogP contribution in [-0.4, -0.2) is 59.5 Å². The Morgan fingerprint density at radius 1 is 1.16 bits per heavy atom. The van der Waals surface area contributed by atoms with Gasteiger partial charge in [-0.05, 0) is 49.8 Å². The molecule has 1 aromatic carbocycles. The SMILES string of the molecule is Cc1cc2c(c3cn[nH]c13)Cn1c(C)cnc1[C@H](CC(=O)N1CCC3(CC1)C(=O)Nc1ncncc13)C2. The molecule has 3 aromatic heterocycles. The van der Waals surface area contributed by atoms with Crippen LogP contribution in [0.4, 0.5) is 5.82 Å². The Labute approximate surface area is 213 Å². The summed E-state index contributed by atoms with van der Waals surface area (Å²) in [5, 5.41) is 11.5. The lowest BCUT2D eigenvalue weighted by atomic mass is 9.74. The van der Waals surface area contributed by atoms with Crippen molar-refractivity contribution < 1.29 is 9.59 Å². The van der Waals surface area contributed by atoms with Crippen LogP contribution < -0.4 is 5.32 Å². The number of piperidine rings is 1. The van der Waals surface area contributed by atoms with E-state index >= 15 is 0 Å². The second kappa shape index (κ2) is 7.96. The van der Waals surface area contributed by atoms with Crippen molar-refractivity contribution in [2.45, 2.75) is 57.4 Å². The number of likely N-dealkylation sites (tertiary alicyclic amines) is 1. The highest BCUT2D eigenvalue weighted by atomic mass is 16.2. The molecule has 0 saturated carbocycles. The van der Waals surface area contributed by atoms with Gasteiger partial charge in [0.05, 0.1) is 17.1 Å². The average Bonchev–Trinajstić information content (AvgIpc) is 3.57. The van der Waals surface area contributed by atoms with Gasteiger partial charge < -0.3 is 14.8 Å². The van der Waals surface area contributed by atoms with Gasteiger partial charge in [0.2, 0.25) is 11.8 Å². The number of nitrogens with one attached hydrogen (secondary N) is 2. The summed E-state index contributed by atoms with van der Waals surface area (Å²) >= 11 is 0. The van der Waals surface area contributed by atoms with Crippen LogP contribution in [0.2, 0.25) is 0 Å². The molecular formula is C27H28N8O2. The molecule has 10 heteroatoms. The molecule has 188 valence electrons. The molecule has 1 saturated heterocycles. The monoisotopic (exact) mass is 496 g/mol. The van der Waals surface area contributed by atoms with Gasteiger partial charge in [0.15, 0.2) is 0 Å². The Kier molecular flexibility index (Phi) is 4.76. The first-order valence-corrected chi connectivity index (χ1v) is 12.8. The Balaban J connectivity index is 1.15. The predicted molar refractivity (Wildman–Crippen MR) is 136 cm³/mol. The van der Waals surface area contributed by atoms with E-state index in [-0.39, 0.29) is 17.7 Å². The zero-order valence-corrected chi connectivity index (χ0v) is 20.9. The van der Waals surface area contributed by atoms with Gasteiger partial charge in [0, 0.05) is 61.0 Å². The van der Waals surface area contributed by atoms with Gasteiger partial charge >= 0.3 is 0 Å². The molecule has 10 nitrogen and oxygen atoms in total. The molecule has 0 unspecified atom stereocenters. The van der Waals surface area contributed by atoms with Gasteiger partial charge in [-0.2, -0.15) is 5.10 Å². The number of hydrogen-bond acceptors (Lipinski definition) is 6. The van der Waals surface area contributed by atoms with E-state index in [1.165, 1.54) is 17.5 Å². The number of H-pyrrole nitrogens is 1. The molecule has 7 rings (SSSR count). The van der Waals surface area contributed by atoms with Crippen LogP contribution in [0.1, 0.15) is 59.0 Å². The van der Waals surface area contributed by atoms with Gasteiger partial charge in [-0.1, -0.05) is 6.07 Å². The molecular weight excluding hydrogens is 468 g/mol. The molecule has 37 heavy (non-hydrogen) atoms. The molecule has 3 aliphatic rings. The second-order valence-corrected chi connectivity index (χ2v) is 10.6. The molecule has 3 aliphatic heterocycles. The van der Waals surface area contributed by atoms with Gasteiger partial charge in [-0.15, -0.1) is 0 Å². The summed E-state index contributed by atoms with van der Waals surface area (Å²) in [6.07, 6.45) is 9.29. The van der Waals surface area contributed by atoms with E-state index in [2.05, 4.69) is 50.0 Å². The number of aromatic nitrogens is 6. The second-order valence-electron chi connectivity index (χ2n) is 10.6. The minimum Gasteiger partial charge on any atom is -0.343 e. The molecule has 1 spiro atoms. The maximum atomic E-state index is 13.6. The number of carbonyl (C=O) groups is 2. The van der Waals surface area contributed by atoms with Crippen LogP contribution >= 0.6 is 0 Å². The van der Waals surface area contributed by atoms with E-state index in [1.807, 2.05) is 17.3 Å². The van der Waals surface area contributed by atoms with E-state index in [1.54, 1.807) is 6.20 Å². The standard InChI is InChI=1S/C27H28N8O2/c1-15-7-17-8-18(25-29-10-16(2)35(25)13-20(17)19-11-31-33-23(15)19)9-22(36)34-5-3-27(4-6-34)21-12-28-14-30-24(21)32-26(27)37/h7,10-12,14,18H,3-6,8-9,13H2,1-2H3,(H,31,33)(H,28,30,32,37)/t18-/m0/s1.